The van der Waals surface area contributed by atoms with Crippen molar-refractivity contribution in [3.63, 3.8) is 0 Å². The Morgan fingerprint density at radius 3 is 2.43 bits per heavy atom. The number of aromatic nitrogens is 1. The Morgan fingerprint density at radius 2 is 1.63 bits per heavy atom. The van der Waals surface area contributed by atoms with Gasteiger partial charge in [-0.15, -0.1) is 0 Å². The molecule has 1 aromatic heterocycles. The van der Waals surface area contributed by atoms with E-state index in [2.05, 4.69) is 25.8 Å². The third-order valence-electron chi connectivity index (χ3n) is 4.96. The average Bonchev–Trinajstić information content (AvgIpc) is 2.75. The SMILES string of the molecule is O=C(CN1CCc2c(cccc2NC(=O)Nc2ccccc2)C1)Nc1ccncc1. The van der Waals surface area contributed by atoms with Crippen LogP contribution in [0.25, 0.3) is 0 Å². The minimum Gasteiger partial charge on any atom is -0.325 e. The summed E-state index contributed by atoms with van der Waals surface area (Å²) < 4.78 is 0. The number of anilines is 3. The van der Waals surface area contributed by atoms with Gasteiger partial charge in [0.2, 0.25) is 5.91 Å². The molecule has 3 amide bonds. The molecule has 2 aromatic carbocycles. The van der Waals surface area contributed by atoms with Gasteiger partial charge >= 0.3 is 6.03 Å². The predicted molar refractivity (Wildman–Crippen MR) is 117 cm³/mol. The van der Waals surface area contributed by atoms with Crippen LogP contribution in [0.1, 0.15) is 11.1 Å². The summed E-state index contributed by atoms with van der Waals surface area (Å²) in [5.74, 6) is -0.0545. The first kappa shape index (κ1) is 19.6. The van der Waals surface area contributed by atoms with Crippen molar-refractivity contribution in [2.75, 3.05) is 29.0 Å². The molecule has 7 nitrogen and oxygen atoms in total. The molecule has 7 heteroatoms. The molecule has 3 aromatic rings. The number of carbonyl (C=O) groups excluding carboxylic acids is 2. The zero-order chi connectivity index (χ0) is 20.8. The number of urea groups is 1. The van der Waals surface area contributed by atoms with Crippen LogP contribution in [0, 0.1) is 0 Å². The van der Waals surface area contributed by atoms with Crippen molar-refractivity contribution in [1.82, 2.24) is 9.88 Å². The molecule has 1 aliphatic heterocycles. The number of rotatable bonds is 5. The predicted octanol–water partition coefficient (Wildman–Crippen LogP) is 3.72. The smallest absolute Gasteiger partial charge is 0.323 e. The molecule has 0 fully saturated rings. The molecule has 152 valence electrons. The summed E-state index contributed by atoms with van der Waals surface area (Å²) >= 11 is 0. The van der Waals surface area contributed by atoms with Crippen molar-refractivity contribution in [3.05, 3.63) is 84.2 Å². The lowest BCUT2D eigenvalue weighted by molar-refractivity contribution is -0.117. The van der Waals surface area contributed by atoms with E-state index in [1.54, 1.807) is 24.5 Å². The van der Waals surface area contributed by atoms with Crippen LogP contribution in [0.3, 0.4) is 0 Å². The Morgan fingerprint density at radius 1 is 0.867 bits per heavy atom. The number of amides is 3. The molecule has 0 aliphatic carbocycles. The maximum atomic E-state index is 12.4. The molecule has 0 saturated carbocycles. The van der Waals surface area contributed by atoms with Crippen molar-refractivity contribution in [2.24, 2.45) is 0 Å². The number of carbonyl (C=O) groups is 2. The lowest BCUT2D eigenvalue weighted by atomic mass is 9.97. The summed E-state index contributed by atoms with van der Waals surface area (Å²) in [4.78, 5) is 30.8. The van der Waals surface area contributed by atoms with E-state index in [0.717, 1.165) is 41.2 Å². The third kappa shape index (κ3) is 5.01. The normalized spacial score (nSPS) is 13.2. The van der Waals surface area contributed by atoms with Gasteiger partial charge in [-0.05, 0) is 47.9 Å². The van der Waals surface area contributed by atoms with Gasteiger partial charge in [0.1, 0.15) is 0 Å². The molecule has 0 saturated heterocycles. The van der Waals surface area contributed by atoms with Gasteiger partial charge in [-0.2, -0.15) is 0 Å². The van der Waals surface area contributed by atoms with Crippen LogP contribution in [0.15, 0.2) is 73.1 Å². The van der Waals surface area contributed by atoms with Crippen LogP contribution in [0.4, 0.5) is 21.9 Å². The molecule has 0 atom stereocenters. The first-order chi connectivity index (χ1) is 14.7. The summed E-state index contributed by atoms with van der Waals surface area (Å²) in [5.41, 5.74) is 4.53. The lowest BCUT2D eigenvalue weighted by Gasteiger charge is -2.29. The van der Waals surface area contributed by atoms with Gasteiger partial charge in [0.15, 0.2) is 0 Å². The van der Waals surface area contributed by atoms with Crippen molar-refractivity contribution in [3.8, 4) is 0 Å². The summed E-state index contributed by atoms with van der Waals surface area (Å²) in [5, 5.41) is 8.68. The second-order valence-electron chi connectivity index (χ2n) is 7.13. The van der Waals surface area contributed by atoms with Crippen LogP contribution in [-0.2, 0) is 17.8 Å². The molecule has 1 aliphatic rings. The molecule has 2 heterocycles. The molecule has 0 bridgehead atoms. The number of fused-ring (bicyclic) bond motifs is 1. The monoisotopic (exact) mass is 401 g/mol. The second kappa shape index (κ2) is 9.19. The van der Waals surface area contributed by atoms with Gasteiger partial charge in [0.05, 0.1) is 6.54 Å². The summed E-state index contributed by atoms with van der Waals surface area (Å²) in [6.07, 6.45) is 4.06. The maximum absolute atomic E-state index is 12.4. The number of para-hydroxylation sites is 1. The fraction of sp³-hybridized carbons (Fsp3) is 0.174. The van der Waals surface area contributed by atoms with Crippen LogP contribution in [0.2, 0.25) is 0 Å². The Hall–Kier alpha value is -3.71. The van der Waals surface area contributed by atoms with E-state index < -0.39 is 0 Å². The van der Waals surface area contributed by atoms with E-state index in [-0.39, 0.29) is 11.9 Å². The number of pyridine rings is 1. The Kier molecular flexibility index (Phi) is 6.01. The van der Waals surface area contributed by atoms with Gasteiger partial charge < -0.3 is 16.0 Å². The quantitative estimate of drug-likeness (QED) is 0.608. The number of nitrogens with zero attached hydrogens (tertiary/aromatic N) is 2. The first-order valence-electron chi connectivity index (χ1n) is 9.83. The topological polar surface area (TPSA) is 86.4 Å². The second-order valence-corrected chi connectivity index (χ2v) is 7.13. The van der Waals surface area contributed by atoms with Gasteiger partial charge in [0, 0.05) is 42.5 Å². The van der Waals surface area contributed by atoms with Gasteiger partial charge in [-0.1, -0.05) is 30.3 Å². The first-order valence-corrected chi connectivity index (χ1v) is 9.83. The average molecular weight is 401 g/mol. The fourth-order valence-corrected chi connectivity index (χ4v) is 3.56. The van der Waals surface area contributed by atoms with Gasteiger partial charge in [0.25, 0.3) is 0 Å². The van der Waals surface area contributed by atoms with E-state index in [0.29, 0.717) is 13.1 Å². The number of hydrogen-bond acceptors (Lipinski definition) is 4. The summed E-state index contributed by atoms with van der Waals surface area (Å²) in [6.45, 7) is 1.72. The molecule has 4 rings (SSSR count). The maximum Gasteiger partial charge on any atom is 0.323 e. The number of benzene rings is 2. The van der Waals surface area contributed by atoms with Crippen molar-refractivity contribution >= 4 is 29.0 Å². The molecule has 0 unspecified atom stereocenters. The standard InChI is InChI=1S/C23H23N5O2/c29-22(25-19-9-12-24-13-10-19)16-28-14-11-20-17(15-28)5-4-8-21(20)27-23(30)26-18-6-2-1-3-7-18/h1-10,12-13H,11,14-16H2,(H,24,25,29)(H2,26,27,30). The Labute approximate surface area is 175 Å². The van der Waals surface area contributed by atoms with Crippen molar-refractivity contribution in [2.45, 2.75) is 13.0 Å². The highest BCUT2D eigenvalue weighted by Gasteiger charge is 2.21. The zero-order valence-corrected chi connectivity index (χ0v) is 16.5. The number of hydrogen-bond donors (Lipinski definition) is 3. The Balaban J connectivity index is 1.36. The lowest BCUT2D eigenvalue weighted by Crippen LogP contribution is -2.37. The fourth-order valence-electron chi connectivity index (χ4n) is 3.56. The molecule has 3 N–H and O–H groups in total. The van der Waals surface area contributed by atoms with E-state index in [9.17, 15) is 9.59 Å². The van der Waals surface area contributed by atoms with Crippen LogP contribution >= 0.6 is 0 Å². The highest BCUT2D eigenvalue weighted by molar-refractivity contribution is 6.00. The highest BCUT2D eigenvalue weighted by Crippen LogP contribution is 2.26. The van der Waals surface area contributed by atoms with E-state index in [1.807, 2.05) is 48.5 Å². The van der Waals surface area contributed by atoms with E-state index in [1.165, 1.54) is 0 Å². The third-order valence-corrected chi connectivity index (χ3v) is 4.96. The minimum absolute atomic E-state index is 0.0545. The number of nitrogens with one attached hydrogen (secondary N) is 3. The van der Waals surface area contributed by atoms with Crippen LogP contribution in [0.5, 0.6) is 0 Å². The zero-order valence-electron chi connectivity index (χ0n) is 16.5. The highest BCUT2D eigenvalue weighted by atomic mass is 16.2. The Bertz CT molecular complexity index is 1020. The summed E-state index contributed by atoms with van der Waals surface area (Å²) in [6, 6.07) is 18.5. The molecule has 0 radical (unpaired) electrons. The van der Waals surface area contributed by atoms with Crippen LogP contribution in [-0.4, -0.2) is 34.9 Å². The van der Waals surface area contributed by atoms with Crippen LogP contribution < -0.4 is 16.0 Å². The van der Waals surface area contributed by atoms with Gasteiger partial charge in [-0.25, -0.2) is 4.79 Å². The van der Waals surface area contributed by atoms with Gasteiger partial charge in [-0.3, -0.25) is 14.7 Å². The molecular weight excluding hydrogens is 378 g/mol. The van der Waals surface area contributed by atoms with E-state index >= 15 is 0 Å². The molecule has 0 spiro atoms. The van der Waals surface area contributed by atoms with Crippen molar-refractivity contribution in [1.29, 1.82) is 0 Å². The van der Waals surface area contributed by atoms with Crippen molar-refractivity contribution < 1.29 is 9.59 Å². The van der Waals surface area contributed by atoms with E-state index in [4.69, 9.17) is 0 Å². The largest absolute Gasteiger partial charge is 0.325 e. The molecule has 30 heavy (non-hydrogen) atoms. The summed E-state index contributed by atoms with van der Waals surface area (Å²) in [7, 11) is 0. The minimum atomic E-state index is -0.270. The molecular formula is C23H23N5O2.